The van der Waals surface area contributed by atoms with Gasteiger partial charge in [-0.2, -0.15) is 13.2 Å². The second-order valence-corrected chi connectivity index (χ2v) is 8.67. The summed E-state index contributed by atoms with van der Waals surface area (Å²) < 4.78 is 50.3. The largest absolute Gasteiger partial charge is 0.485 e. The van der Waals surface area contributed by atoms with Crippen molar-refractivity contribution in [3.05, 3.63) is 87.8 Å². The van der Waals surface area contributed by atoms with Gasteiger partial charge in [-0.05, 0) is 54.4 Å². The van der Waals surface area contributed by atoms with Gasteiger partial charge in [-0.15, -0.1) is 0 Å². The number of carbonyl (C=O) groups excluding carboxylic acids is 1. The van der Waals surface area contributed by atoms with E-state index in [-0.39, 0.29) is 18.3 Å². The van der Waals surface area contributed by atoms with Gasteiger partial charge in [0.15, 0.2) is 5.76 Å². The summed E-state index contributed by atoms with van der Waals surface area (Å²) in [6.07, 6.45) is -4.36. The van der Waals surface area contributed by atoms with Crippen molar-refractivity contribution in [2.24, 2.45) is 0 Å². The average molecular weight is 493 g/mol. The minimum atomic E-state index is -4.36. The Morgan fingerprint density at radius 1 is 1.06 bits per heavy atom. The van der Waals surface area contributed by atoms with Crippen LogP contribution in [0.1, 0.15) is 33.0 Å². The van der Waals surface area contributed by atoms with Gasteiger partial charge in [-0.1, -0.05) is 29.8 Å². The molecule has 1 fully saturated rings. The molecule has 0 N–H and O–H groups in total. The first-order valence-corrected chi connectivity index (χ1v) is 11.2. The Kier molecular flexibility index (Phi) is 7.19. The zero-order valence-corrected chi connectivity index (χ0v) is 19.3. The molecule has 1 aromatic heterocycles. The quantitative estimate of drug-likeness (QED) is 0.436. The minimum Gasteiger partial charge on any atom is -0.485 e. The van der Waals surface area contributed by atoms with Crippen LogP contribution in [-0.2, 0) is 19.3 Å². The van der Waals surface area contributed by atoms with Crippen molar-refractivity contribution in [1.29, 1.82) is 0 Å². The van der Waals surface area contributed by atoms with Crippen molar-refractivity contribution in [3.63, 3.8) is 0 Å². The maximum atomic E-state index is 12.9. The Labute approximate surface area is 200 Å². The summed E-state index contributed by atoms with van der Waals surface area (Å²) in [6, 6.07) is 14.0. The van der Waals surface area contributed by atoms with E-state index in [1.165, 1.54) is 12.1 Å². The number of furan rings is 1. The number of amides is 1. The third-order valence-corrected chi connectivity index (χ3v) is 5.93. The van der Waals surface area contributed by atoms with Crippen molar-refractivity contribution >= 4 is 17.5 Å². The van der Waals surface area contributed by atoms with Crippen LogP contribution in [0.2, 0.25) is 5.02 Å². The molecule has 1 aliphatic heterocycles. The number of benzene rings is 2. The molecule has 0 radical (unpaired) electrons. The van der Waals surface area contributed by atoms with E-state index in [9.17, 15) is 18.0 Å². The van der Waals surface area contributed by atoms with Crippen molar-refractivity contribution < 1.29 is 27.1 Å². The smallest absolute Gasteiger partial charge is 0.416 e. The fraction of sp³-hybridized carbons (Fsp3) is 0.320. The van der Waals surface area contributed by atoms with Crippen LogP contribution in [0.5, 0.6) is 5.75 Å². The van der Waals surface area contributed by atoms with E-state index in [0.29, 0.717) is 54.8 Å². The molecular formula is C25H24ClF3N2O3. The average Bonchev–Trinajstić information content (AvgIpc) is 3.27. The molecule has 180 valence electrons. The molecule has 34 heavy (non-hydrogen) atoms. The number of carbonyl (C=O) groups is 1. The molecule has 0 bridgehead atoms. The fourth-order valence-corrected chi connectivity index (χ4v) is 4.09. The Morgan fingerprint density at radius 3 is 2.53 bits per heavy atom. The van der Waals surface area contributed by atoms with E-state index in [0.717, 1.165) is 11.6 Å². The lowest BCUT2D eigenvalue weighted by Crippen LogP contribution is -2.48. The van der Waals surface area contributed by atoms with E-state index in [4.69, 9.17) is 20.8 Å². The van der Waals surface area contributed by atoms with Gasteiger partial charge in [0, 0.05) is 37.7 Å². The number of hydrogen-bond donors (Lipinski definition) is 0. The Morgan fingerprint density at radius 2 is 1.82 bits per heavy atom. The lowest BCUT2D eigenvalue weighted by molar-refractivity contribution is -0.137. The highest BCUT2D eigenvalue weighted by Gasteiger charge is 2.30. The Hall–Kier alpha value is -2.97. The first-order chi connectivity index (χ1) is 16.2. The van der Waals surface area contributed by atoms with Crippen LogP contribution in [0, 0.1) is 6.92 Å². The summed E-state index contributed by atoms with van der Waals surface area (Å²) in [4.78, 5) is 16.6. The van der Waals surface area contributed by atoms with Crippen LogP contribution in [0.25, 0.3) is 0 Å². The number of aryl methyl sites for hydroxylation is 1. The maximum Gasteiger partial charge on any atom is 0.416 e. The van der Waals surface area contributed by atoms with E-state index >= 15 is 0 Å². The Balaban J connectivity index is 1.29. The third kappa shape index (κ3) is 5.93. The van der Waals surface area contributed by atoms with Gasteiger partial charge in [0.1, 0.15) is 18.1 Å². The van der Waals surface area contributed by atoms with Gasteiger partial charge in [0.05, 0.1) is 5.56 Å². The molecule has 9 heteroatoms. The van der Waals surface area contributed by atoms with Crippen molar-refractivity contribution in [1.82, 2.24) is 9.80 Å². The number of nitrogens with zero attached hydrogens (tertiary/aromatic N) is 2. The zero-order chi connectivity index (χ0) is 24.3. The number of rotatable bonds is 6. The molecular weight excluding hydrogens is 469 g/mol. The molecule has 0 saturated carbocycles. The van der Waals surface area contributed by atoms with Gasteiger partial charge < -0.3 is 14.1 Å². The standard InChI is InChI=1S/C25H24ClF3N2O3/c1-17-13-20(26)5-7-22(17)33-16-21-6-8-23(34-21)24(32)31-11-9-30(10-12-31)15-18-3-2-4-19(14-18)25(27,28)29/h2-8,13-14H,9-12,15-16H2,1H3. The van der Waals surface area contributed by atoms with Gasteiger partial charge in [-0.25, -0.2) is 0 Å². The van der Waals surface area contributed by atoms with Crippen LogP contribution in [0.15, 0.2) is 59.0 Å². The van der Waals surface area contributed by atoms with Gasteiger partial charge >= 0.3 is 6.18 Å². The number of halogens is 4. The zero-order valence-electron chi connectivity index (χ0n) is 18.6. The highest BCUT2D eigenvalue weighted by molar-refractivity contribution is 6.30. The molecule has 0 spiro atoms. The van der Waals surface area contributed by atoms with Crippen molar-refractivity contribution in [3.8, 4) is 5.75 Å². The van der Waals surface area contributed by atoms with E-state index in [1.807, 2.05) is 11.8 Å². The molecule has 1 amide bonds. The first-order valence-electron chi connectivity index (χ1n) is 10.8. The topological polar surface area (TPSA) is 45.9 Å². The van der Waals surface area contributed by atoms with Crippen molar-refractivity contribution in [2.75, 3.05) is 26.2 Å². The Bertz CT molecular complexity index is 1150. The molecule has 2 aromatic carbocycles. The van der Waals surface area contributed by atoms with Crippen LogP contribution in [0.4, 0.5) is 13.2 Å². The summed E-state index contributed by atoms with van der Waals surface area (Å²) in [5, 5.41) is 0.630. The summed E-state index contributed by atoms with van der Waals surface area (Å²) >= 11 is 5.96. The molecule has 1 aliphatic rings. The number of piperazine rings is 1. The van der Waals surface area contributed by atoms with Crippen LogP contribution < -0.4 is 4.74 Å². The number of alkyl halides is 3. The SMILES string of the molecule is Cc1cc(Cl)ccc1OCc1ccc(C(=O)N2CCN(Cc3cccc(C(F)(F)F)c3)CC2)o1. The summed E-state index contributed by atoms with van der Waals surface area (Å²) in [6.45, 7) is 4.54. The molecule has 1 saturated heterocycles. The monoisotopic (exact) mass is 492 g/mol. The van der Waals surface area contributed by atoms with Crippen LogP contribution in [0.3, 0.4) is 0 Å². The molecule has 5 nitrogen and oxygen atoms in total. The predicted octanol–water partition coefficient (Wildman–Crippen LogP) is 5.80. The molecule has 0 atom stereocenters. The predicted molar refractivity (Wildman–Crippen MR) is 122 cm³/mol. The number of hydrogen-bond acceptors (Lipinski definition) is 4. The molecule has 2 heterocycles. The lowest BCUT2D eigenvalue weighted by atomic mass is 10.1. The molecule has 0 unspecified atom stereocenters. The summed E-state index contributed by atoms with van der Waals surface area (Å²) in [7, 11) is 0. The second kappa shape index (κ2) is 10.1. The molecule has 3 aromatic rings. The third-order valence-electron chi connectivity index (χ3n) is 5.70. The van der Waals surface area contributed by atoms with E-state index in [1.54, 1.807) is 41.3 Å². The van der Waals surface area contributed by atoms with E-state index < -0.39 is 11.7 Å². The van der Waals surface area contributed by atoms with E-state index in [2.05, 4.69) is 0 Å². The second-order valence-electron chi connectivity index (χ2n) is 8.23. The van der Waals surface area contributed by atoms with Crippen LogP contribution >= 0.6 is 11.6 Å². The highest BCUT2D eigenvalue weighted by atomic mass is 35.5. The summed E-state index contributed by atoms with van der Waals surface area (Å²) in [5.41, 5.74) is 0.849. The number of ether oxygens (including phenoxy) is 1. The molecule has 4 rings (SSSR count). The molecule has 0 aliphatic carbocycles. The maximum absolute atomic E-state index is 12.9. The highest BCUT2D eigenvalue weighted by Crippen LogP contribution is 2.30. The van der Waals surface area contributed by atoms with Crippen molar-refractivity contribution in [2.45, 2.75) is 26.3 Å². The lowest BCUT2D eigenvalue weighted by Gasteiger charge is -2.34. The van der Waals surface area contributed by atoms with Gasteiger partial charge in [-0.3, -0.25) is 9.69 Å². The fourth-order valence-electron chi connectivity index (χ4n) is 3.86. The van der Waals surface area contributed by atoms with Gasteiger partial charge in [0.2, 0.25) is 0 Å². The summed E-state index contributed by atoms with van der Waals surface area (Å²) in [5.74, 6) is 1.23. The normalized spacial score (nSPS) is 14.9. The minimum absolute atomic E-state index is 0.181. The van der Waals surface area contributed by atoms with Gasteiger partial charge in [0.25, 0.3) is 5.91 Å². The van der Waals surface area contributed by atoms with Crippen LogP contribution in [-0.4, -0.2) is 41.9 Å². The first kappa shape index (κ1) is 24.2.